The second-order valence-corrected chi connectivity index (χ2v) is 18.5. The number of hydrogen-bond donors (Lipinski definition) is 0. The summed E-state index contributed by atoms with van der Waals surface area (Å²) in [6.07, 6.45) is 5.06. The first kappa shape index (κ1) is 27.7. The summed E-state index contributed by atoms with van der Waals surface area (Å²) in [5.41, 5.74) is 23.7. The van der Waals surface area contributed by atoms with Crippen molar-refractivity contribution in [1.82, 2.24) is 0 Å². The molecule has 0 aliphatic heterocycles. The minimum atomic E-state index is -1.93. The summed E-state index contributed by atoms with van der Waals surface area (Å²) >= 11 is 0. The molecule has 4 aromatic carbocycles. The van der Waals surface area contributed by atoms with Crippen LogP contribution in [0.15, 0.2) is 71.8 Å². The second kappa shape index (κ2) is 9.84. The largest absolute Gasteiger partial charge is 0.0722 e. The lowest BCUT2D eigenvalue weighted by atomic mass is 9.91. The first-order valence-corrected chi connectivity index (χ1v) is 18.3. The van der Waals surface area contributed by atoms with Crippen LogP contribution in [-0.4, -0.2) is 8.07 Å². The summed E-state index contributed by atoms with van der Waals surface area (Å²) in [5, 5.41) is 0. The molecule has 2 aliphatic rings. The van der Waals surface area contributed by atoms with E-state index in [4.69, 9.17) is 0 Å². The van der Waals surface area contributed by atoms with E-state index in [0.717, 1.165) is 0 Å². The SMILES string of the molecule is CC1=Cc2c(ccc(C)c2-c2cc(C)cc(C)c2)C1[Si](C)(C)C1C(C)=Cc2c1ccc(C)c2-c1cc(C)cc(C)c1. The van der Waals surface area contributed by atoms with Gasteiger partial charge in [0.25, 0.3) is 0 Å². The average Bonchev–Trinajstić information content (AvgIpc) is 3.38. The van der Waals surface area contributed by atoms with Gasteiger partial charge in [0.2, 0.25) is 0 Å². The number of hydrogen-bond acceptors (Lipinski definition) is 0. The molecule has 0 amide bonds. The number of rotatable bonds is 4. The standard InChI is InChI=1S/C40H44Si/c1-23-15-24(2)18-31(17-23)37-27(5)11-13-33-35(37)21-29(7)39(33)41(9,10)40-30(8)22-36-34(40)14-12-28(6)38(36)32-19-25(3)16-26(4)20-32/h11-22,39-40H,1-10H3. The van der Waals surface area contributed by atoms with E-state index in [1.807, 2.05) is 0 Å². The third-order valence-corrected chi connectivity index (χ3v) is 14.3. The Hall–Kier alpha value is -3.42. The van der Waals surface area contributed by atoms with Crippen molar-refractivity contribution < 1.29 is 0 Å². The maximum atomic E-state index is 2.65. The molecule has 4 aromatic rings. The van der Waals surface area contributed by atoms with Crippen molar-refractivity contribution in [2.75, 3.05) is 0 Å². The summed E-state index contributed by atoms with van der Waals surface area (Å²) in [6, 6.07) is 23.7. The summed E-state index contributed by atoms with van der Waals surface area (Å²) < 4.78 is 0. The van der Waals surface area contributed by atoms with Gasteiger partial charge in [-0.15, -0.1) is 0 Å². The molecule has 0 nitrogen and oxygen atoms in total. The van der Waals surface area contributed by atoms with Crippen molar-refractivity contribution in [2.45, 2.75) is 79.6 Å². The third-order valence-electron chi connectivity index (χ3n) is 9.76. The van der Waals surface area contributed by atoms with Crippen LogP contribution in [0.1, 0.15) is 80.6 Å². The van der Waals surface area contributed by atoms with Gasteiger partial charge in [-0.1, -0.05) is 119 Å². The minimum absolute atomic E-state index is 0.494. The molecule has 2 unspecified atom stereocenters. The van der Waals surface area contributed by atoms with E-state index in [1.165, 1.54) is 77.9 Å². The monoisotopic (exact) mass is 552 g/mol. The van der Waals surface area contributed by atoms with Crippen molar-refractivity contribution in [3.63, 3.8) is 0 Å². The molecule has 0 aromatic heterocycles. The van der Waals surface area contributed by atoms with Crippen LogP contribution in [0.3, 0.4) is 0 Å². The van der Waals surface area contributed by atoms with Gasteiger partial charge in [0.05, 0.1) is 8.07 Å². The molecule has 41 heavy (non-hydrogen) atoms. The van der Waals surface area contributed by atoms with Crippen LogP contribution in [0.2, 0.25) is 13.1 Å². The van der Waals surface area contributed by atoms with E-state index in [2.05, 4.69) is 141 Å². The van der Waals surface area contributed by atoms with Gasteiger partial charge in [-0.3, -0.25) is 0 Å². The van der Waals surface area contributed by atoms with Crippen LogP contribution in [0.5, 0.6) is 0 Å². The van der Waals surface area contributed by atoms with Crippen molar-refractivity contribution in [3.8, 4) is 22.3 Å². The molecule has 0 saturated carbocycles. The maximum Gasteiger partial charge on any atom is 0.0722 e. The Labute approximate surface area is 248 Å². The summed E-state index contributed by atoms with van der Waals surface area (Å²) in [6.45, 7) is 23.5. The zero-order valence-corrected chi connectivity index (χ0v) is 27.6. The number of allylic oxidation sites excluding steroid dienone is 2. The molecular weight excluding hydrogens is 509 g/mol. The number of aryl methyl sites for hydroxylation is 6. The lowest BCUT2D eigenvalue weighted by Gasteiger charge is -2.39. The fourth-order valence-corrected chi connectivity index (χ4v) is 13.5. The quantitative estimate of drug-likeness (QED) is 0.221. The fourth-order valence-electron chi connectivity index (χ4n) is 8.56. The van der Waals surface area contributed by atoms with Gasteiger partial charge in [0.15, 0.2) is 0 Å². The van der Waals surface area contributed by atoms with Crippen LogP contribution < -0.4 is 0 Å². The lowest BCUT2D eigenvalue weighted by molar-refractivity contribution is 0.967. The first-order valence-electron chi connectivity index (χ1n) is 15.2. The van der Waals surface area contributed by atoms with Crippen molar-refractivity contribution in [2.24, 2.45) is 0 Å². The van der Waals surface area contributed by atoms with E-state index in [0.29, 0.717) is 11.1 Å². The average molecular weight is 553 g/mol. The Kier molecular flexibility index (Phi) is 6.66. The Bertz CT molecular complexity index is 1620. The minimum Gasteiger partial charge on any atom is -0.0679 e. The molecule has 0 saturated heterocycles. The highest BCUT2D eigenvalue weighted by molar-refractivity contribution is 6.81. The van der Waals surface area contributed by atoms with Crippen LogP contribution in [0, 0.1) is 41.5 Å². The molecule has 6 rings (SSSR count). The second-order valence-electron chi connectivity index (χ2n) is 13.7. The van der Waals surface area contributed by atoms with Gasteiger partial charge < -0.3 is 0 Å². The lowest BCUT2D eigenvalue weighted by Crippen LogP contribution is -2.42. The maximum absolute atomic E-state index is 2.65. The molecule has 0 fully saturated rings. The van der Waals surface area contributed by atoms with Crippen LogP contribution in [0.25, 0.3) is 34.4 Å². The smallest absolute Gasteiger partial charge is 0.0679 e. The van der Waals surface area contributed by atoms with Gasteiger partial charge in [0.1, 0.15) is 0 Å². The molecule has 0 N–H and O–H groups in total. The highest BCUT2D eigenvalue weighted by Gasteiger charge is 2.47. The van der Waals surface area contributed by atoms with E-state index >= 15 is 0 Å². The van der Waals surface area contributed by atoms with E-state index in [-0.39, 0.29) is 0 Å². The van der Waals surface area contributed by atoms with Crippen molar-refractivity contribution in [3.05, 3.63) is 127 Å². The molecule has 0 radical (unpaired) electrons. The van der Waals surface area contributed by atoms with Crippen LogP contribution >= 0.6 is 0 Å². The molecule has 0 bridgehead atoms. The molecular formula is C40H44Si. The summed E-state index contributed by atoms with van der Waals surface area (Å²) in [7, 11) is -1.93. The van der Waals surface area contributed by atoms with Gasteiger partial charge >= 0.3 is 0 Å². The van der Waals surface area contributed by atoms with E-state index in [9.17, 15) is 0 Å². The number of fused-ring (bicyclic) bond motifs is 2. The zero-order valence-electron chi connectivity index (χ0n) is 26.6. The normalized spacial score (nSPS) is 17.8. The van der Waals surface area contributed by atoms with Crippen LogP contribution in [-0.2, 0) is 0 Å². The van der Waals surface area contributed by atoms with Gasteiger partial charge in [0, 0.05) is 11.1 Å². The highest BCUT2D eigenvalue weighted by Crippen LogP contribution is 2.55. The molecule has 2 atom stereocenters. The van der Waals surface area contributed by atoms with Gasteiger partial charge in [-0.25, -0.2) is 0 Å². The Morgan fingerprint density at radius 2 is 0.805 bits per heavy atom. The predicted molar refractivity (Wildman–Crippen MR) is 182 cm³/mol. The summed E-state index contributed by atoms with van der Waals surface area (Å²) in [4.78, 5) is 0. The topological polar surface area (TPSA) is 0 Å². The summed E-state index contributed by atoms with van der Waals surface area (Å²) in [5.74, 6) is 0. The Morgan fingerprint density at radius 3 is 1.15 bits per heavy atom. The van der Waals surface area contributed by atoms with Crippen molar-refractivity contribution in [1.29, 1.82) is 0 Å². The molecule has 0 heterocycles. The molecule has 0 spiro atoms. The van der Waals surface area contributed by atoms with Crippen LogP contribution in [0.4, 0.5) is 0 Å². The van der Waals surface area contributed by atoms with Crippen molar-refractivity contribution >= 4 is 20.2 Å². The fraction of sp³-hybridized carbons (Fsp3) is 0.300. The predicted octanol–water partition coefficient (Wildman–Crippen LogP) is 11.4. The molecule has 1 heteroatoms. The highest BCUT2D eigenvalue weighted by atomic mass is 28.3. The van der Waals surface area contributed by atoms with Gasteiger partial charge in [-0.2, -0.15) is 0 Å². The molecule has 2 aliphatic carbocycles. The number of benzene rings is 4. The Morgan fingerprint density at radius 1 is 0.463 bits per heavy atom. The molecule has 208 valence electrons. The third kappa shape index (κ3) is 4.50. The first-order chi connectivity index (χ1) is 19.4. The van der Waals surface area contributed by atoms with E-state index < -0.39 is 8.07 Å². The zero-order chi connectivity index (χ0) is 29.4. The Balaban J connectivity index is 1.49. The van der Waals surface area contributed by atoms with Gasteiger partial charge in [-0.05, 0) is 111 Å². The van der Waals surface area contributed by atoms with E-state index in [1.54, 1.807) is 11.1 Å².